The molecule has 2 aromatic heterocycles. The summed E-state index contributed by atoms with van der Waals surface area (Å²) in [5.74, 6) is -0.182. The van der Waals surface area contributed by atoms with Gasteiger partial charge in [-0.3, -0.25) is 9.97 Å². The third-order valence-electron chi connectivity index (χ3n) is 1.79. The molecule has 80 valence electrons. The van der Waals surface area contributed by atoms with E-state index in [0.29, 0.717) is 16.3 Å². The smallest absolute Gasteiger partial charge is 0.345 e. The van der Waals surface area contributed by atoms with E-state index < -0.39 is 5.97 Å². The van der Waals surface area contributed by atoms with Crippen LogP contribution >= 0.6 is 11.6 Å². The second-order valence-electron chi connectivity index (χ2n) is 2.97. The highest BCUT2D eigenvalue weighted by atomic mass is 35.5. The second kappa shape index (κ2) is 4.72. The molecule has 0 spiro atoms. The van der Waals surface area contributed by atoms with Crippen LogP contribution in [0.4, 0.5) is 0 Å². The monoisotopic (exact) mass is 234 g/mol. The van der Waals surface area contributed by atoms with E-state index in [1.165, 1.54) is 24.7 Å². The van der Waals surface area contributed by atoms with Crippen LogP contribution < -0.4 is 4.74 Å². The van der Waals surface area contributed by atoms with Crippen LogP contribution in [-0.4, -0.2) is 15.9 Å². The van der Waals surface area contributed by atoms with E-state index in [0.717, 1.165) is 0 Å². The van der Waals surface area contributed by atoms with Crippen LogP contribution in [0.2, 0.25) is 5.02 Å². The molecule has 0 aliphatic rings. The van der Waals surface area contributed by atoms with Crippen molar-refractivity contribution in [2.24, 2.45) is 0 Å². The SMILES string of the molecule is O=C(Oc1cncc(Cl)c1)c1cccnc1. The lowest BCUT2D eigenvalue weighted by molar-refractivity contribution is 0.0734. The highest BCUT2D eigenvalue weighted by molar-refractivity contribution is 6.30. The Morgan fingerprint density at radius 2 is 2.12 bits per heavy atom. The summed E-state index contributed by atoms with van der Waals surface area (Å²) in [6.45, 7) is 0. The zero-order valence-electron chi connectivity index (χ0n) is 8.13. The number of nitrogens with zero attached hydrogens (tertiary/aromatic N) is 2. The summed E-state index contributed by atoms with van der Waals surface area (Å²) in [6, 6.07) is 4.79. The molecule has 0 aliphatic heterocycles. The summed E-state index contributed by atoms with van der Waals surface area (Å²) in [5, 5.41) is 0.413. The fraction of sp³-hybridized carbons (Fsp3) is 0. The van der Waals surface area contributed by atoms with Gasteiger partial charge >= 0.3 is 5.97 Å². The first-order valence-corrected chi connectivity index (χ1v) is 4.86. The lowest BCUT2D eigenvalue weighted by Crippen LogP contribution is -2.08. The number of pyridine rings is 2. The van der Waals surface area contributed by atoms with Gasteiger partial charge in [-0.1, -0.05) is 11.6 Å². The Hall–Kier alpha value is -1.94. The number of esters is 1. The second-order valence-corrected chi connectivity index (χ2v) is 3.41. The average molecular weight is 235 g/mol. The molecule has 4 nitrogen and oxygen atoms in total. The van der Waals surface area contributed by atoms with Crippen molar-refractivity contribution >= 4 is 17.6 Å². The lowest BCUT2D eigenvalue weighted by atomic mass is 10.3. The first-order chi connectivity index (χ1) is 7.75. The number of ether oxygens (including phenoxy) is 1. The molecule has 0 amide bonds. The number of halogens is 1. The van der Waals surface area contributed by atoms with Crippen molar-refractivity contribution in [3.05, 3.63) is 53.6 Å². The normalized spacial score (nSPS) is 9.81. The van der Waals surface area contributed by atoms with Gasteiger partial charge in [0.25, 0.3) is 0 Å². The molecular formula is C11H7ClN2O2. The molecule has 0 fully saturated rings. The Bertz CT molecular complexity index is 502. The van der Waals surface area contributed by atoms with Crippen molar-refractivity contribution in [3.63, 3.8) is 0 Å². The fourth-order valence-electron chi connectivity index (χ4n) is 1.10. The Morgan fingerprint density at radius 1 is 1.25 bits per heavy atom. The summed E-state index contributed by atoms with van der Waals surface area (Å²) in [4.78, 5) is 19.2. The molecule has 5 heteroatoms. The van der Waals surface area contributed by atoms with Crippen LogP contribution in [0.25, 0.3) is 0 Å². The predicted molar refractivity (Wildman–Crippen MR) is 58.4 cm³/mol. The molecule has 2 aromatic rings. The maximum absolute atomic E-state index is 11.6. The Morgan fingerprint density at radius 3 is 2.81 bits per heavy atom. The molecule has 2 heterocycles. The first-order valence-electron chi connectivity index (χ1n) is 4.48. The topological polar surface area (TPSA) is 52.1 Å². The zero-order valence-corrected chi connectivity index (χ0v) is 8.89. The van der Waals surface area contributed by atoms with Gasteiger partial charge in [0.1, 0.15) is 0 Å². The molecule has 0 N–H and O–H groups in total. The number of aromatic nitrogens is 2. The largest absolute Gasteiger partial charge is 0.421 e. The maximum Gasteiger partial charge on any atom is 0.345 e. The van der Waals surface area contributed by atoms with Gasteiger partial charge in [0.15, 0.2) is 5.75 Å². The summed E-state index contributed by atoms with van der Waals surface area (Å²) in [5.41, 5.74) is 0.377. The van der Waals surface area contributed by atoms with E-state index in [1.54, 1.807) is 18.3 Å². The highest BCUT2D eigenvalue weighted by Crippen LogP contribution is 2.16. The van der Waals surface area contributed by atoms with Gasteiger partial charge in [-0.2, -0.15) is 0 Å². The van der Waals surface area contributed by atoms with Gasteiger partial charge < -0.3 is 4.74 Å². The van der Waals surface area contributed by atoms with Gasteiger partial charge in [0, 0.05) is 24.7 Å². The van der Waals surface area contributed by atoms with Crippen molar-refractivity contribution in [2.75, 3.05) is 0 Å². The number of carbonyl (C=O) groups is 1. The molecule has 0 aromatic carbocycles. The molecule has 0 unspecified atom stereocenters. The van der Waals surface area contributed by atoms with Crippen LogP contribution in [0.15, 0.2) is 43.0 Å². The van der Waals surface area contributed by atoms with Gasteiger partial charge in [-0.25, -0.2) is 4.79 Å². The van der Waals surface area contributed by atoms with Crippen molar-refractivity contribution in [1.29, 1.82) is 0 Å². The summed E-state index contributed by atoms with van der Waals surface area (Å²) >= 11 is 5.71. The molecule has 16 heavy (non-hydrogen) atoms. The third kappa shape index (κ3) is 2.55. The molecule has 0 saturated carbocycles. The van der Waals surface area contributed by atoms with Crippen molar-refractivity contribution in [3.8, 4) is 5.75 Å². The van der Waals surface area contributed by atoms with Crippen LogP contribution in [0.5, 0.6) is 5.75 Å². The fourth-order valence-corrected chi connectivity index (χ4v) is 1.26. The highest BCUT2D eigenvalue weighted by Gasteiger charge is 2.08. The van der Waals surface area contributed by atoms with E-state index in [9.17, 15) is 4.79 Å². The van der Waals surface area contributed by atoms with Crippen LogP contribution in [0.1, 0.15) is 10.4 Å². The molecule has 0 aliphatic carbocycles. The molecule has 0 radical (unpaired) electrons. The minimum absolute atomic E-state index is 0.307. The van der Waals surface area contributed by atoms with Crippen LogP contribution in [-0.2, 0) is 0 Å². The van der Waals surface area contributed by atoms with Gasteiger partial charge in [0.2, 0.25) is 0 Å². The number of hydrogen-bond acceptors (Lipinski definition) is 4. The summed E-state index contributed by atoms with van der Waals surface area (Å²) < 4.78 is 5.06. The molecular weight excluding hydrogens is 228 g/mol. The number of carbonyl (C=O) groups excluding carboxylic acids is 1. The maximum atomic E-state index is 11.6. The van der Waals surface area contributed by atoms with E-state index in [-0.39, 0.29) is 0 Å². The minimum atomic E-state index is -0.489. The average Bonchev–Trinajstić information content (AvgIpc) is 2.30. The Balaban J connectivity index is 2.14. The van der Waals surface area contributed by atoms with Crippen molar-refractivity contribution in [1.82, 2.24) is 9.97 Å². The summed E-state index contributed by atoms with van der Waals surface area (Å²) in [7, 11) is 0. The van der Waals surface area contributed by atoms with Crippen molar-refractivity contribution < 1.29 is 9.53 Å². The molecule has 0 atom stereocenters. The molecule has 0 bridgehead atoms. The standard InChI is InChI=1S/C11H7ClN2O2/c12-9-4-10(7-14-6-9)16-11(15)8-2-1-3-13-5-8/h1-7H. The lowest BCUT2D eigenvalue weighted by Gasteiger charge is -2.03. The van der Waals surface area contributed by atoms with E-state index in [4.69, 9.17) is 16.3 Å². The van der Waals surface area contributed by atoms with Gasteiger partial charge in [0.05, 0.1) is 16.8 Å². The van der Waals surface area contributed by atoms with Crippen LogP contribution in [0.3, 0.4) is 0 Å². The molecule has 0 saturated heterocycles. The van der Waals surface area contributed by atoms with Crippen molar-refractivity contribution in [2.45, 2.75) is 0 Å². The quantitative estimate of drug-likeness (QED) is 0.749. The van der Waals surface area contributed by atoms with E-state index in [1.807, 2.05) is 0 Å². The van der Waals surface area contributed by atoms with Gasteiger partial charge in [-0.15, -0.1) is 0 Å². The van der Waals surface area contributed by atoms with Crippen LogP contribution in [0, 0.1) is 0 Å². The minimum Gasteiger partial charge on any atom is -0.421 e. The van der Waals surface area contributed by atoms with Gasteiger partial charge in [-0.05, 0) is 12.1 Å². The zero-order chi connectivity index (χ0) is 11.4. The Labute approximate surface area is 96.9 Å². The van der Waals surface area contributed by atoms with E-state index >= 15 is 0 Å². The number of rotatable bonds is 2. The van der Waals surface area contributed by atoms with E-state index in [2.05, 4.69) is 9.97 Å². The summed E-state index contributed by atoms with van der Waals surface area (Å²) in [6.07, 6.45) is 5.89. The third-order valence-corrected chi connectivity index (χ3v) is 1.99. The number of hydrogen-bond donors (Lipinski definition) is 0. The first kappa shape index (κ1) is 10.6. The molecule has 2 rings (SSSR count). The predicted octanol–water partition coefficient (Wildman–Crippen LogP) is 2.35. The Kier molecular flexibility index (Phi) is 3.12.